The number of carbonyl (C=O) groups excluding carboxylic acids is 1. The predicted molar refractivity (Wildman–Crippen MR) is 140 cm³/mol. The number of para-hydroxylation sites is 1. The Hall–Kier alpha value is -4.24. The van der Waals surface area contributed by atoms with Crippen LogP contribution in [0.2, 0.25) is 0 Å². The Morgan fingerprint density at radius 1 is 1.08 bits per heavy atom. The quantitative estimate of drug-likeness (QED) is 0.394. The number of hydrogen-bond donors (Lipinski definition) is 2. The van der Waals surface area contributed by atoms with Crippen molar-refractivity contribution in [2.24, 2.45) is 0 Å². The zero-order valence-electron chi connectivity index (χ0n) is 20.6. The Labute approximate surface area is 208 Å². The SMILES string of the molecule is COCCN(C(=O)Cc1c(C)nc2ccccc2c1C)c1c(N)n(Cc2ccccc2)c(=O)[nH]c1=O. The van der Waals surface area contributed by atoms with Crippen LogP contribution >= 0.6 is 0 Å². The molecule has 3 N–H and O–H groups in total. The molecule has 2 aromatic heterocycles. The molecule has 9 heteroatoms. The number of nitrogen functional groups attached to an aromatic ring is 1. The fourth-order valence-corrected chi connectivity index (χ4v) is 4.38. The molecular weight excluding hydrogens is 458 g/mol. The Morgan fingerprint density at radius 3 is 2.50 bits per heavy atom. The van der Waals surface area contributed by atoms with E-state index in [9.17, 15) is 14.4 Å². The Balaban J connectivity index is 1.76. The number of aryl methyl sites for hydroxylation is 2. The molecule has 0 unspecified atom stereocenters. The number of benzene rings is 2. The van der Waals surface area contributed by atoms with Gasteiger partial charge in [0.15, 0.2) is 5.69 Å². The van der Waals surface area contributed by atoms with Crippen molar-refractivity contribution < 1.29 is 9.53 Å². The van der Waals surface area contributed by atoms with Gasteiger partial charge < -0.3 is 15.4 Å². The molecule has 186 valence electrons. The van der Waals surface area contributed by atoms with E-state index in [1.54, 1.807) is 0 Å². The van der Waals surface area contributed by atoms with Crippen LogP contribution in [0.1, 0.15) is 22.4 Å². The number of amides is 1. The normalized spacial score (nSPS) is 11.1. The molecule has 4 aromatic rings. The summed E-state index contributed by atoms with van der Waals surface area (Å²) in [5.74, 6) is -0.431. The zero-order valence-corrected chi connectivity index (χ0v) is 20.6. The molecule has 0 spiro atoms. The highest BCUT2D eigenvalue weighted by molar-refractivity contribution is 5.98. The molecule has 36 heavy (non-hydrogen) atoms. The Morgan fingerprint density at radius 2 is 1.78 bits per heavy atom. The lowest BCUT2D eigenvalue weighted by atomic mass is 9.99. The molecule has 0 bridgehead atoms. The van der Waals surface area contributed by atoms with Crippen molar-refractivity contribution in [1.29, 1.82) is 0 Å². The van der Waals surface area contributed by atoms with Crippen LogP contribution in [0.4, 0.5) is 11.5 Å². The number of aromatic amines is 1. The van der Waals surface area contributed by atoms with Gasteiger partial charge in [-0.15, -0.1) is 0 Å². The molecule has 0 radical (unpaired) electrons. The largest absolute Gasteiger partial charge is 0.383 e. The van der Waals surface area contributed by atoms with Crippen molar-refractivity contribution >= 4 is 28.3 Å². The second kappa shape index (κ2) is 10.6. The van der Waals surface area contributed by atoms with Gasteiger partial charge in [-0.3, -0.25) is 24.1 Å². The molecule has 9 nitrogen and oxygen atoms in total. The first-order chi connectivity index (χ1) is 17.3. The lowest BCUT2D eigenvalue weighted by Gasteiger charge is -2.25. The maximum atomic E-state index is 13.7. The summed E-state index contributed by atoms with van der Waals surface area (Å²) >= 11 is 0. The van der Waals surface area contributed by atoms with E-state index in [1.807, 2.05) is 68.4 Å². The highest BCUT2D eigenvalue weighted by Gasteiger charge is 2.25. The number of anilines is 2. The topological polar surface area (TPSA) is 123 Å². The average Bonchev–Trinajstić information content (AvgIpc) is 2.86. The predicted octanol–water partition coefficient (Wildman–Crippen LogP) is 2.55. The standard InChI is InChI=1S/C27H29N5O4/c1-17-20-11-7-8-12-22(20)29-18(2)21(17)15-23(33)31(13-14-36-3)24-25(28)32(27(35)30-26(24)34)16-19-9-5-4-6-10-19/h4-12H,13-16,28H2,1-3H3,(H,30,34,35). The third-order valence-corrected chi connectivity index (χ3v) is 6.30. The third kappa shape index (κ3) is 4.92. The number of aromatic nitrogens is 3. The number of rotatable bonds is 8. The number of H-pyrrole nitrogens is 1. The zero-order chi connectivity index (χ0) is 25.8. The van der Waals surface area contributed by atoms with E-state index in [-0.39, 0.29) is 43.5 Å². The Bertz CT molecular complexity index is 1530. The summed E-state index contributed by atoms with van der Waals surface area (Å²) in [5.41, 5.74) is 9.08. The van der Waals surface area contributed by atoms with Crippen LogP contribution in [-0.4, -0.2) is 40.7 Å². The second-order valence-corrected chi connectivity index (χ2v) is 8.60. The van der Waals surface area contributed by atoms with E-state index < -0.39 is 11.2 Å². The van der Waals surface area contributed by atoms with Crippen molar-refractivity contribution in [2.75, 3.05) is 30.9 Å². The van der Waals surface area contributed by atoms with Gasteiger partial charge in [-0.2, -0.15) is 0 Å². The van der Waals surface area contributed by atoms with Crippen molar-refractivity contribution in [1.82, 2.24) is 14.5 Å². The third-order valence-electron chi connectivity index (χ3n) is 6.30. The summed E-state index contributed by atoms with van der Waals surface area (Å²) in [5, 5.41) is 0.961. The van der Waals surface area contributed by atoms with Crippen LogP contribution in [0.15, 0.2) is 64.2 Å². The number of nitrogens with two attached hydrogens (primary N) is 1. The minimum atomic E-state index is -0.726. The molecule has 1 amide bonds. The minimum Gasteiger partial charge on any atom is -0.383 e. The van der Waals surface area contributed by atoms with Crippen LogP contribution in [0.25, 0.3) is 10.9 Å². The molecule has 0 aliphatic carbocycles. The first-order valence-corrected chi connectivity index (χ1v) is 11.6. The maximum Gasteiger partial charge on any atom is 0.330 e. The van der Waals surface area contributed by atoms with Gasteiger partial charge in [0.2, 0.25) is 5.91 Å². The summed E-state index contributed by atoms with van der Waals surface area (Å²) in [4.78, 5) is 47.5. The maximum absolute atomic E-state index is 13.7. The average molecular weight is 488 g/mol. The number of hydrogen-bond acceptors (Lipinski definition) is 6. The first kappa shape index (κ1) is 24.9. The van der Waals surface area contributed by atoms with Gasteiger partial charge in [-0.1, -0.05) is 48.5 Å². The molecule has 2 aromatic carbocycles. The van der Waals surface area contributed by atoms with Crippen molar-refractivity contribution in [3.63, 3.8) is 0 Å². The van der Waals surface area contributed by atoms with Crippen molar-refractivity contribution in [2.45, 2.75) is 26.8 Å². The van der Waals surface area contributed by atoms with Gasteiger partial charge in [-0.25, -0.2) is 4.79 Å². The van der Waals surface area contributed by atoms with E-state index in [4.69, 9.17) is 10.5 Å². The van der Waals surface area contributed by atoms with Gasteiger partial charge in [0.05, 0.1) is 25.1 Å². The minimum absolute atomic E-state index is 0.00983. The number of carbonyl (C=O) groups is 1. The number of fused-ring (bicyclic) bond motifs is 1. The number of nitrogens with zero attached hydrogens (tertiary/aromatic N) is 3. The number of pyridine rings is 1. The number of nitrogens with one attached hydrogen (secondary N) is 1. The molecular formula is C27H29N5O4. The molecule has 0 fully saturated rings. The van der Waals surface area contributed by atoms with Gasteiger partial charge in [0.25, 0.3) is 5.56 Å². The molecule has 2 heterocycles. The highest BCUT2D eigenvalue weighted by atomic mass is 16.5. The van der Waals surface area contributed by atoms with Gasteiger partial charge >= 0.3 is 5.69 Å². The number of ether oxygens (including phenoxy) is 1. The van der Waals surface area contributed by atoms with Crippen LogP contribution < -0.4 is 21.9 Å². The molecule has 0 aliphatic heterocycles. The summed E-state index contributed by atoms with van der Waals surface area (Å²) < 4.78 is 6.46. The van der Waals surface area contributed by atoms with Crippen LogP contribution in [0.5, 0.6) is 0 Å². The molecule has 0 aliphatic rings. The van der Waals surface area contributed by atoms with Crippen molar-refractivity contribution in [3.8, 4) is 0 Å². The molecule has 0 saturated carbocycles. The van der Waals surface area contributed by atoms with Crippen molar-refractivity contribution in [3.05, 3.63) is 97.8 Å². The van der Waals surface area contributed by atoms with Crippen LogP contribution in [0, 0.1) is 13.8 Å². The van der Waals surface area contributed by atoms with Crippen LogP contribution in [0.3, 0.4) is 0 Å². The number of methoxy groups -OCH3 is 1. The van der Waals surface area contributed by atoms with E-state index in [0.717, 1.165) is 33.3 Å². The second-order valence-electron chi connectivity index (χ2n) is 8.60. The van der Waals surface area contributed by atoms with Gasteiger partial charge in [0, 0.05) is 24.7 Å². The molecule has 0 atom stereocenters. The summed E-state index contributed by atoms with van der Waals surface area (Å²) in [6, 6.07) is 17.0. The van der Waals surface area contributed by atoms with Crippen LogP contribution in [-0.2, 0) is 22.5 Å². The molecule has 0 saturated heterocycles. The highest BCUT2D eigenvalue weighted by Crippen LogP contribution is 2.25. The smallest absolute Gasteiger partial charge is 0.330 e. The fraction of sp³-hybridized carbons (Fsp3) is 0.259. The van der Waals surface area contributed by atoms with Gasteiger partial charge in [-0.05, 0) is 36.6 Å². The summed E-state index contributed by atoms with van der Waals surface area (Å²) in [6.45, 7) is 4.24. The molecule has 4 rings (SSSR count). The van der Waals surface area contributed by atoms with Gasteiger partial charge in [0.1, 0.15) is 5.82 Å². The summed E-state index contributed by atoms with van der Waals surface area (Å²) in [7, 11) is 1.51. The monoisotopic (exact) mass is 487 g/mol. The fourth-order valence-electron chi connectivity index (χ4n) is 4.38. The Kier molecular flexibility index (Phi) is 7.30. The lowest BCUT2D eigenvalue weighted by molar-refractivity contribution is -0.118. The first-order valence-electron chi connectivity index (χ1n) is 11.6. The lowest BCUT2D eigenvalue weighted by Crippen LogP contribution is -2.43. The van der Waals surface area contributed by atoms with E-state index in [0.29, 0.717) is 0 Å². The van der Waals surface area contributed by atoms with E-state index in [1.165, 1.54) is 16.6 Å². The van der Waals surface area contributed by atoms with E-state index >= 15 is 0 Å². The van der Waals surface area contributed by atoms with E-state index in [2.05, 4.69) is 9.97 Å². The summed E-state index contributed by atoms with van der Waals surface area (Å²) in [6.07, 6.45) is 0.00983.